The van der Waals surface area contributed by atoms with Gasteiger partial charge in [-0.25, -0.2) is 4.79 Å². The molecular formula is C22H34N2O3. The van der Waals surface area contributed by atoms with E-state index in [0.717, 1.165) is 38.2 Å². The van der Waals surface area contributed by atoms with E-state index in [2.05, 4.69) is 17.4 Å². The lowest BCUT2D eigenvalue weighted by atomic mass is 9.98. The van der Waals surface area contributed by atoms with Gasteiger partial charge in [-0.2, -0.15) is 0 Å². The molecule has 0 bridgehead atoms. The van der Waals surface area contributed by atoms with Gasteiger partial charge in [-0.15, -0.1) is 0 Å². The highest BCUT2D eigenvalue weighted by molar-refractivity contribution is 5.75. The number of benzene rings is 1. The molecule has 5 heteroatoms. The van der Waals surface area contributed by atoms with Gasteiger partial charge in [0.15, 0.2) is 0 Å². The fourth-order valence-corrected chi connectivity index (χ4v) is 4.16. The van der Waals surface area contributed by atoms with Crippen LogP contribution in [0.1, 0.15) is 69.9 Å². The van der Waals surface area contributed by atoms with Crippen molar-refractivity contribution in [2.45, 2.75) is 70.4 Å². The second-order valence-electron chi connectivity index (χ2n) is 7.57. The van der Waals surface area contributed by atoms with Gasteiger partial charge >= 0.3 is 6.03 Å². The number of carbonyl (C=O) groups excluding carboxylic acids is 1. The third-order valence-electron chi connectivity index (χ3n) is 5.59. The number of nitrogens with one attached hydrogen (secondary N) is 1. The highest BCUT2D eigenvalue weighted by atomic mass is 16.5. The Hall–Kier alpha value is -1.75. The maximum atomic E-state index is 12.6. The van der Waals surface area contributed by atoms with Crippen molar-refractivity contribution in [3.8, 4) is 5.75 Å². The van der Waals surface area contributed by atoms with Crippen LogP contribution in [-0.2, 0) is 4.74 Å². The van der Waals surface area contributed by atoms with E-state index in [0.29, 0.717) is 19.3 Å². The van der Waals surface area contributed by atoms with Crippen molar-refractivity contribution < 1.29 is 14.3 Å². The summed E-state index contributed by atoms with van der Waals surface area (Å²) in [7, 11) is 0. The van der Waals surface area contributed by atoms with Crippen LogP contribution in [0.25, 0.3) is 0 Å². The summed E-state index contributed by atoms with van der Waals surface area (Å²) in [4.78, 5) is 14.6. The fourth-order valence-electron chi connectivity index (χ4n) is 4.16. The predicted octanol–water partition coefficient (Wildman–Crippen LogP) is 4.67. The normalized spacial score (nSPS) is 20.6. The number of hydrogen-bond acceptors (Lipinski definition) is 3. The van der Waals surface area contributed by atoms with Crippen LogP contribution in [0.4, 0.5) is 4.79 Å². The van der Waals surface area contributed by atoms with Crippen LogP contribution < -0.4 is 10.1 Å². The Morgan fingerprint density at radius 3 is 2.63 bits per heavy atom. The molecule has 0 aromatic heterocycles. The minimum absolute atomic E-state index is 0.0454. The third kappa shape index (κ3) is 5.86. The molecule has 5 nitrogen and oxygen atoms in total. The first-order chi connectivity index (χ1) is 13.3. The summed E-state index contributed by atoms with van der Waals surface area (Å²) in [6.45, 7) is 4.90. The highest BCUT2D eigenvalue weighted by Crippen LogP contribution is 2.32. The van der Waals surface area contributed by atoms with Gasteiger partial charge in [-0.05, 0) is 56.7 Å². The summed E-state index contributed by atoms with van der Waals surface area (Å²) in [6, 6.07) is 8.37. The standard InChI is InChI=1S/C22H34N2O3/c1-2-26-20-13-11-18(12-14-20)21-10-6-16-24(21)22(25)23-15-7-17-27-19-8-4-3-5-9-19/h11-14,19,21H,2-10,15-17H2,1H3,(H,23,25). The maximum absolute atomic E-state index is 12.6. The molecule has 1 heterocycles. The number of nitrogens with zero attached hydrogens (tertiary/aromatic N) is 1. The molecule has 0 spiro atoms. The first-order valence-electron chi connectivity index (χ1n) is 10.7. The number of carbonyl (C=O) groups is 1. The summed E-state index contributed by atoms with van der Waals surface area (Å²) in [5.74, 6) is 0.883. The molecule has 1 atom stereocenters. The maximum Gasteiger partial charge on any atom is 0.317 e. The molecule has 2 amide bonds. The van der Waals surface area contributed by atoms with Gasteiger partial charge in [0.2, 0.25) is 0 Å². The number of likely N-dealkylation sites (tertiary alicyclic amines) is 1. The van der Waals surface area contributed by atoms with Crippen molar-refractivity contribution in [2.75, 3.05) is 26.3 Å². The van der Waals surface area contributed by atoms with Crippen LogP contribution in [0.15, 0.2) is 24.3 Å². The zero-order chi connectivity index (χ0) is 18.9. The van der Waals surface area contributed by atoms with Gasteiger partial charge < -0.3 is 19.7 Å². The van der Waals surface area contributed by atoms with E-state index in [-0.39, 0.29) is 12.1 Å². The van der Waals surface area contributed by atoms with Crippen molar-refractivity contribution in [2.24, 2.45) is 0 Å². The van der Waals surface area contributed by atoms with Crippen molar-refractivity contribution in [3.05, 3.63) is 29.8 Å². The van der Waals surface area contributed by atoms with Gasteiger partial charge in [-0.3, -0.25) is 0 Å². The van der Waals surface area contributed by atoms with E-state index >= 15 is 0 Å². The zero-order valence-corrected chi connectivity index (χ0v) is 16.6. The lowest BCUT2D eigenvalue weighted by Gasteiger charge is -2.26. The van der Waals surface area contributed by atoms with Crippen molar-refractivity contribution in [1.29, 1.82) is 0 Å². The summed E-state index contributed by atoms with van der Waals surface area (Å²) in [5, 5.41) is 3.08. The van der Waals surface area contributed by atoms with Gasteiger partial charge in [0.05, 0.1) is 18.8 Å². The van der Waals surface area contributed by atoms with Crippen LogP contribution in [0.5, 0.6) is 5.75 Å². The number of ether oxygens (including phenoxy) is 2. The molecule has 1 saturated heterocycles. The molecule has 0 radical (unpaired) electrons. The largest absolute Gasteiger partial charge is 0.494 e. The van der Waals surface area contributed by atoms with E-state index in [1.54, 1.807) is 0 Å². The van der Waals surface area contributed by atoms with Crippen molar-refractivity contribution >= 4 is 6.03 Å². The third-order valence-corrected chi connectivity index (χ3v) is 5.59. The van der Waals surface area contributed by atoms with Crippen LogP contribution in [0, 0.1) is 0 Å². The topological polar surface area (TPSA) is 50.8 Å². The van der Waals surface area contributed by atoms with E-state index < -0.39 is 0 Å². The lowest BCUT2D eigenvalue weighted by Crippen LogP contribution is -2.40. The SMILES string of the molecule is CCOc1ccc(C2CCCN2C(=O)NCCCOC2CCCCC2)cc1. The molecule has 1 aromatic rings. The van der Waals surface area contributed by atoms with Crippen LogP contribution >= 0.6 is 0 Å². The van der Waals surface area contributed by atoms with Crippen molar-refractivity contribution in [3.63, 3.8) is 0 Å². The first kappa shape index (κ1) is 20.0. The van der Waals surface area contributed by atoms with Gasteiger partial charge in [0.1, 0.15) is 5.75 Å². The number of urea groups is 1. The van der Waals surface area contributed by atoms with E-state index in [9.17, 15) is 4.79 Å². The Morgan fingerprint density at radius 1 is 1.11 bits per heavy atom. The van der Waals surface area contributed by atoms with Crippen molar-refractivity contribution in [1.82, 2.24) is 10.2 Å². The Balaban J connectivity index is 1.40. The molecular weight excluding hydrogens is 340 g/mol. The van der Waals surface area contributed by atoms with E-state index in [1.807, 2.05) is 24.0 Å². The van der Waals surface area contributed by atoms with Crippen LogP contribution in [0.2, 0.25) is 0 Å². The summed E-state index contributed by atoms with van der Waals surface area (Å²) in [5.41, 5.74) is 1.19. The smallest absolute Gasteiger partial charge is 0.317 e. The summed E-state index contributed by atoms with van der Waals surface area (Å²) in [6.07, 6.45) is 9.73. The predicted molar refractivity (Wildman–Crippen MR) is 107 cm³/mol. The second kappa shape index (κ2) is 10.5. The Kier molecular flexibility index (Phi) is 7.81. The zero-order valence-electron chi connectivity index (χ0n) is 16.6. The Bertz CT molecular complexity index is 569. The van der Waals surface area contributed by atoms with Crippen LogP contribution in [0.3, 0.4) is 0 Å². The molecule has 2 aliphatic rings. The fraction of sp³-hybridized carbons (Fsp3) is 0.682. The Labute approximate surface area is 163 Å². The van der Waals surface area contributed by atoms with Crippen LogP contribution in [-0.4, -0.2) is 43.3 Å². The molecule has 1 N–H and O–H groups in total. The van der Waals surface area contributed by atoms with E-state index in [1.165, 1.54) is 37.7 Å². The highest BCUT2D eigenvalue weighted by Gasteiger charge is 2.29. The molecule has 1 aromatic carbocycles. The molecule has 150 valence electrons. The average molecular weight is 375 g/mol. The average Bonchev–Trinajstić information content (AvgIpc) is 3.19. The molecule has 1 unspecified atom stereocenters. The molecule has 1 aliphatic heterocycles. The van der Waals surface area contributed by atoms with Gasteiger partial charge in [-0.1, -0.05) is 31.4 Å². The lowest BCUT2D eigenvalue weighted by molar-refractivity contribution is 0.0274. The van der Waals surface area contributed by atoms with E-state index in [4.69, 9.17) is 9.47 Å². The monoisotopic (exact) mass is 374 g/mol. The quantitative estimate of drug-likeness (QED) is 0.673. The molecule has 27 heavy (non-hydrogen) atoms. The minimum Gasteiger partial charge on any atom is -0.494 e. The van der Waals surface area contributed by atoms with Gasteiger partial charge in [0, 0.05) is 19.7 Å². The number of hydrogen-bond donors (Lipinski definition) is 1. The minimum atomic E-state index is 0.0454. The Morgan fingerprint density at radius 2 is 1.89 bits per heavy atom. The molecule has 3 rings (SSSR count). The summed E-state index contributed by atoms with van der Waals surface area (Å²) < 4.78 is 11.4. The summed E-state index contributed by atoms with van der Waals surface area (Å²) >= 11 is 0. The number of amides is 2. The van der Waals surface area contributed by atoms with Gasteiger partial charge in [0.25, 0.3) is 0 Å². The second-order valence-corrected chi connectivity index (χ2v) is 7.57. The molecule has 1 saturated carbocycles. The molecule has 1 aliphatic carbocycles. The molecule has 2 fully saturated rings. The first-order valence-corrected chi connectivity index (χ1v) is 10.7. The number of rotatable bonds is 8.